The van der Waals surface area contributed by atoms with Crippen LogP contribution in [0.15, 0.2) is 36.5 Å². The fourth-order valence-corrected chi connectivity index (χ4v) is 1.50. The number of benzene rings is 1. The molecule has 0 atom stereocenters. The van der Waals surface area contributed by atoms with Crippen LogP contribution in [0, 0.1) is 0 Å². The summed E-state index contributed by atoms with van der Waals surface area (Å²) >= 11 is 0. The molecular formula is C13H13NO2. The first-order valence-corrected chi connectivity index (χ1v) is 5.35. The minimum atomic E-state index is -0.189. The fourth-order valence-electron chi connectivity index (χ4n) is 1.50. The summed E-state index contributed by atoms with van der Waals surface area (Å²) in [6, 6.07) is 9.25. The minimum absolute atomic E-state index is 0.189. The van der Waals surface area contributed by atoms with Gasteiger partial charge in [0.25, 0.3) is 0 Å². The lowest BCUT2D eigenvalue weighted by atomic mass is 10.2. The monoisotopic (exact) mass is 215 g/mol. The van der Waals surface area contributed by atoms with Crippen LogP contribution in [0.5, 0.6) is 5.75 Å². The number of nitrogens with zero attached hydrogens (tertiary/aromatic N) is 1. The number of rotatable bonds is 3. The van der Waals surface area contributed by atoms with E-state index in [4.69, 9.17) is 4.74 Å². The maximum atomic E-state index is 11.3. The lowest BCUT2D eigenvalue weighted by molar-refractivity contribution is -0.134. The van der Waals surface area contributed by atoms with Crippen LogP contribution in [0.2, 0.25) is 0 Å². The molecule has 0 aliphatic carbocycles. The molecule has 0 radical (unpaired) electrons. The standard InChI is InChI=1S/C13H13NO2/c1-2-4-13(15)16-11-6-7-12-10(9-11)5-3-8-14-12/h3,5-9H,2,4H2,1H3. The second-order valence-corrected chi connectivity index (χ2v) is 3.58. The van der Waals surface area contributed by atoms with Crippen molar-refractivity contribution in [1.82, 2.24) is 4.98 Å². The van der Waals surface area contributed by atoms with Crippen molar-refractivity contribution in [2.45, 2.75) is 19.8 Å². The molecule has 2 rings (SSSR count). The summed E-state index contributed by atoms with van der Waals surface area (Å²) in [4.78, 5) is 15.5. The van der Waals surface area contributed by atoms with Crippen LogP contribution in [0.1, 0.15) is 19.8 Å². The van der Waals surface area contributed by atoms with Gasteiger partial charge in [-0.25, -0.2) is 0 Å². The molecule has 1 aromatic carbocycles. The third-order valence-electron chi connectivity index (χ3n) is 2.26. The first-order chi connectivity index (χ1) is 7.79. The number of carbonyl (C=O) groups excluding carboxylic acids is 1. The Morgan fingerprint density at radius 2 is 2.25 bits per heavy atom. The van der Waals surface area contributed by atoms with Crippen LogP contribution < -0.4 is 4.74 Å². The van der Waals surface area contributed by atoms with E-state index in [2.05, 4.69) is 4.98 Å². The maximum Gasteiger partial charge on any atom is 0.311 e. The SMILES string of the molecule is CCCC(=O)Oc1ccc2ncccc2c1. The van der Waals surface area contributed by atoms with Gasteiger partial charge in [0.05, 0.1) is 5.52 Å². The molecule has 1 aromatic heterocycles. The Kier molecular flexibility index (Phi) is 3.15. The van der Waals surface area contributed by atoms with Crippen molar-refractivity contribution in [2.75, 3.05) is 0 Å². The summed E-state index contributed by atoms with van der Waals surface area (Å²) in [6.07, 6.45) is 2.99. The number of fused-ring (bicyclic) bond motifs is 1. The van der Waals surface area contributed by atoms with Crippen LogP contribution in [0.4, 0.5) is 0 Å². The largest absolute Gasteiger partial charge is 0.427 e. The molecule has 0 spiro atoms. The molecule has 3 nitrogen and oxygen atoms in total. The quantitative estimate of drug-likeness (QED) is 0.583. The molecular weight excluding hydrogens is 202 g/mol. The predicted molar refractivity (Wildman–Crippen MR) is 62.3 cm³/mol. The molecule has 3 heteroatoms. The fraction of sp³-hybridized carbons (Fsp3) is 0.231. The summed E-state index contributed by atoms with van der Waals surface area (Å²) < 4.78 is 5.20. The van der Waals surface area contributed by atoms with Crippen LogP contribution in [-0.2, 0) is 4.79 Å². The smallest absolute Gasteiger partial charge is 0.311 e. The number of hydrogen-bond donors (Lipinski definition) is 0. The van der Waals surface area contributed by atoms with Crippen LogP contribution in [-0.4, -0.2) is 11.0 Å². The van der Waals surface area contributed by atoms with E-state index in [9.17, 15) is 4.79 Å². The van der Waals surface area contributed by atoms with Gasteiger partial charge in [0.2, 0.25) is 0 Å². The molecule has 82 valence electrons. The van der Waals surface area contributed by atoms with Gasteiger partial charge in [-0.3, -0.25) is 9.78 Å². The molecule has 0 amide bonds. The molecule has 16 heavy (non-hydrogen) atoms. The van der Waals surface area contributed by atoms with E-state index in [1.165, 1.54) is 0 Å². The number of carbonyl (C=O) groups is 1. The minimum Gasteiger partial charge on any atom is -0.427 e. The Morgan fingerprint density at radius 3 is 3.06 bits per heavy atom. The topological polar surface area (TPSA) is 39.2 Å². The Labute approximate surface area is 94.1 Å². The Bertz CT molecular complexity index is 508. The number of esters is 1. The molecule has 0 saturated carbocycles. The highest BCUT2D eigenvalue weighted by Gasteiger charge is 2.03. The molecule has 0 aliphatic heterocycles. The average molecular weight is 215 g/mol. The van der Waals surface area contributed by atoms with Crippen molar-refractivity contribution < 1.29 is 9.53 Å². The first kappa shape index (κ1) is 10.6. The number of ether oxygens (including phenoxy) is 1. The van der Waals surface area contributed by atoms with Gasteiger partial charge in [-0.2, -0.15) is 0 Å². The second-order valence-electron chi connectivity index (χ2n) is 3.58. The molecule has 0 saturated heterocycles. The highest BCUT2D eigenvalue weighted by molar-refractivity contribution is 5.81. The zero-order valence-corrected chi connectivity index (χ0v) is 9.14. The van der Waals surface area contributed by atoms with E-state index in [0.29, 0.717) is 12.2 Å². The van der Waals surface area contributed by atoms with Gasteiger partial charge < -0.3 is 4.74 Å². The van der Waals surface area contributed by atoms with Crippen LogP contribution >= 0.6 is 0 Å². The lowest BCUT2D eigenvalue weighted by Gasteiger charge is -2.04. The Morgan fingerprint density at radius 1 is 1.38 bits per heavy atom. The van der Waals surface area contributed by atoms with Gasteiger partial charge in [0, 0.05) is 18.0 Å². The summed E-state index contributed by atoms with van der Waals surface area (Å²) in [5.74, 6) is 0.393. The molecule has 2 aromatic rings. The normalized spacial score (nSPS) is 10.3. The highest BCUT2D eigenvalue weighted by Crippen LogP contribution is 2.19. The van der Waals surface area contributed by atoms with Gasteiger partial charge in [-0.1, -0.05) is 13.0 Å². The van der Waals surface area contributed by atoms with Crippen molar-refractivity contribution in [3.8, 4) is 5.75 Å². The van der Waals surface area contributed by atoms with E-state index < -0.39 is 0 Å². The summed E-state index contributed by atoms with van der Waals surface area (Å²) in [6.45, 7) is 1.95. The van der Waals surface area contributed by atoms with E-state index in [0.717, 1.165) is 17.3 Å². The van der Waals surface area contributed by atoms with Gasteiger partial charge in [-0.05, 0) is 30.7 Å². The summed E-state index contributed by atoms with van der Waals surface area (Å²) in [5.41, 5.74) is 0.901. The number of aromatic nitrogens is 1. The van der Waals surface area contributed by atoms with Crippen LogP contribution in [0.25, 0.3) is 10.9 Å². The third-order valence-corrected chi connectivity index (χ3v) is 2.26. The molecule has 0 bridgehead atoms. The molecule has 1 heterocycles. The molecule has 0 fully saturated rings. The van der Waals surface area contributed by atoms with E-state index >= 15 is 0 Å². The summed E-state index contributed by atoms with van der Waals surface area (Å²) in [7, 11) is 0. The van der Waals surface area contributed by atoms with Gasteiger partial charge in [0.1, 0.15) is 5.75 Å². The third kappa shape index (κ3) is 2.37. The van der Waals surface area contributed by atoms with Crippen molar-refractivity contribution in [3.05, 3.63) is 36.5 Å². The molecule has 0 N–H and O–H groups in total. The zero-order valence-electron chi connectivity index (χ0n) is 9.14. The average Bonchev–Trinajstić information content (AvgIpc) is 2.29. The maximum absolute atomic E-state index is 11.3. The van der Waals surface area contributed by atoms with E-state index in [1.807, 2.05) is 31.2 Å². The first-order valence-electron chi connectivity index (χ1n) is 5.35. The van der Waals surface area contributed by atoms with Crippen LogP contribution in [0.3, 0.4) is 0 Å². The second kappa shape index (κ2) is 4.75. The zero-order chi connectivity index (χ0) is 11.4. The Balaban J connectivity index is 2.22. The predicted octanol–water partition coefficient (Wildman–Crippen LogP) is 2.94. The Hall–Kier alpha value is -1.90. The van der Waals surface area contributed by atoms with Crippen molar-refractivity contribution >= 4 is 16.9 Å². The van der Waals surface area contributed by atoms with Gasteiger partial charge in [-0.15, -0.1) is 0 Å². The van der Waals surface area contributed by atoms with Gasteiger partial charge >= 0.3 is 5.97 Å². The van der Waals surface area contributed by atoms with Crippen molar-refractivity contribution in [3.63, 3.8) is 0 Å². The summed E-state index contributed by atoms with van der Waals surface area (Å²) in [5, 5.41) is 0.976. The van der Waals surface area contributed by atoms with Crippen molar-refractivity contribution in [2.24, 2.45) is 0 Å². The molecule has 0 aliphatic rings. The van der Waals surface area contributed by atoms with E-state index in [1.54, 1.807) is 12.3 Å². The lowest BCUT2D eigenvalue weighted by Crippen LogP contribution is -2.06. The number of pyridine rings is 1. The van der Waals surface area contributed by atoms with Gasteiger partial charge in [0.15, 0.2) is 0 Å². The molecule has 0 unspecified atom stereocenters. The van der Waals surface area contributed by atoms with Crippen molar-refractivity contribution in [1.29, 1.82) is 0 Å². The highest BCUT2D eigenvalue weighted by atomic mass is 16.5. The number of hydrogen-bond acceptors (Lipinski definition) is 3. The van der Waals surface area contributed by atoms with E-state index in [-0.39, 0.29) is 5.97 Å².